The van der Waals surface area contributed by atoms with Crippen molar-refractivity contribution in [1.29, 1.82) is 0 Å². The summed E-state index contributed by atoms with van der Waals surface area (Å²) < 4.78 is 4.67. The van der Waals surface area contributed by atoms with Crippen LogP contribution in [-0.4, -0.2) is 20.2 Å². The van der Waals surface area contributed by atoms with Gasteiger partial charge in [0.15, 0.2) is 0 Å². The third-order valence-corrected chi connectivity index (χ3v) is 1.25. The minimum absolute atomic E-state index is 0.195. The maximum absolute atomic E-state index is 10.5. The van der Waals surface area contributed by atoms with Crippen LogP contribution in [0, 0.1) is 0 Å². The number of H-pyrrole nitrogens is 1. The van der Waals surface area contributed by atoms with Crippen molar-refractivity contribution in [2.75, 3.05) is 0 Å². The molecule has 60 valence electrons. The molecule has 2 rings (SSSR count). The molecule has 0 aliphatic heterocycles. The number of rotatable bonds is 1. The van der Waals surface area contributed by atoms with Gasteiger partial charge in [0.2, 0.25) is 0 Å². The molecule has 6 heteroatoms. The van der Waals surface area contributed by atoms with Crippen molar-refractivity contribution < 1.29 is 4.42 Å². The molecule has 0 aliphatic carbocycles. The SMILES string of the molecule is O=c1[nH]nc(-c2cncnc2)o1. The first-order valence-corrected chi connectivity index (χ1v) is 3.17. The number of aromatic nitrogens is 4. The second kappa shape index (κ2) is 2.57. The van der Waals surface area contributed by atoms with Crippen molar-refractivity contribution in [2.24, 2.45) is 0 Å². The highest BCUT2D eigenvalue weighted by Crippen LogP contribution is 2.09. The lowest BCUT2D eigenvalue weighted by Gasteiger charge is -1.88. The maximum Gasteiger partial charge on any atom is 0.434 e. The smallest absolute Gasteiger partial charge is 0.388 e. The summed E-state index contributed by atoms with van der Waals surface area (Å²) in [6, 6.07) is 0. The molecule has 0 radical (unpaired) electrons. The van der Waals surface area contributed by atoms with Gasteiger partial charge < -0.3 is 4.42 Å². The van der Waals surface area contributed by atoms with Gasteiger partial charge in [0.1, 0.15) is 6.33 Å². The van der Waals surface area contributed by atoms with Crippen molar-refractivity contribution in [3.05, 3.63) is 29.3 Å². The normalized spacial score (nSPS) is 10.0. The molecule has 1 N–H and O–H groups in total. The first-order chi connectivity index (χ1) is 5.86. The van der Waals surface area contributed by atoms with Crippen LogP contribution in [0.15, 0.2) is 27.9 Å². The van der Waals surface area contributed by atoms with Crippen LogP contribution in [0.25, 0.3) is 11.5 Å². The van der Waals surface area contributed by atoms with E-state index in [9.17, 15) is 4.79 Å². The van der Waals surface area contributed by atoms with Gasteiger partial charge in [-0.25, -0.2) is 19.9 Å². The monoisotopic (exact) mass is 164 g/mol. The zero-order chi connectivity index (χ0) is 8.39. The molecular formula is C6H4N4O2. The van der Waals surface area contributed by atoms with E-state index in [4.69, 9.17) is 0 Å². The van der Waals surface area contributed by atoms with Crippen molar-refractivity contribution >= 4 is 0 Å². The van der Waals surface area contributed by atoms with Crippen LogP contribution in [0.3, 0.4) is 0 Å². The molecule has 0 bridgehead atoms. The van der Waals surface area contributed by atoms with Crippen LogP contribution >= 0.6 is 0 Å². The van der Waals surface area contributed by atoms with Crippen LogP contribution < -0.4 is 5.76 Å². The van der Waals surface area contributed by atoms with Crippen LogP contribution in [0.2, 0.25) is 0 Å². The Morgan fingerprint density at radius 1 is 1.33 bits per heavy atom. The molecule has 0 saturated carbocycles. The Morgan fingerprint density at radius 3 is 2.67 bits per heavy atom. The molecule has 0 saturated heterocycles. The predicted octanol–water partition coefficient (Wildman–Crippen LogP) is -0.180. The molecule has 2 aromatic rings. The number of nitrogens with one attached hydrogen (secondary N) is 1. The average Bonchev–Trinajstić information content (AvgIpc) is 2.54. The molecule has 2 heterocycles. The largest absolute Gasteiger partial charge is 0.434 e. The van der Waals surface area contributed by atoms with E-state index < -0.39 is 5.76 Å². The van der Waals surface area contributed by atoms with E-state index in [2.05, 4.69) is 24.6 Å². The highest BCUT2D eigenvalue weighted by Gasteiger charge is 2.03. The first kappa shape index (κ1) is 6.71. The summed E-state index contributed by atoms with van der Waals surface area (Å²) >= 11 is 0. The van der Waals surface area contributed by atoms with E-state index in [0.29, 0.717) is 5.56 Å². The first-order valence-electron chi connectivity index (χ1n) is 3.17. The van der Waals surface area contributed by atoms with Crippen molar-refractivity contribution in [1.82, 2.24) is 20.2 Å². The summed E-state index contributed by atoms with van der Waals surface area (Å²) in [4.78, 5) is 18.0. The Bertz CT molecular complexity index is 418. The molecule has 0 amide bonds. The molecule has 0 atom stereocenters. The fourth-order valence-corrected chi connectivity index (χ4v) is 0.763. The summed E-state index contributed by atoms with van der Waals surface area (Å²) in [5, 5.41) is 5.74. The molecular weight excluding hydrogens is 160 g/mol. The summed E-state index contributed by atoms with van der Waals surface area (Å²) in [7, 11) is 0. The van der Waals surface area contributed by atoms with E-state index in [1.54, 1.807) is 0 Å². The Labute approximate surface area is 66.3 Å². The molecule has 0 fully saturated rings. The summed E-state index contributed by atoms with van der Waals surface area (Å²) in [5.41, 5.74) is 0.566. The average molecular weight is 164 g/mol. The quantitative estimate of drug-likeness (QED) is 0.631. The Morgan fingerprint density at radius 2 is 2.08 bits per heavy atom. The van der Waals surface area contributed by atoms with Crippen molar-refractivity contribution in [3.8, 4) is 11.5 Å². The number of aromatic amines is 1. The second-order valence-corrected chi connectivity index (χ2v) is 2.05. The van der Waals surface area contributed by atoms with E-state index in [-0.39, 0.29) is 5.89 Å². The second-order valence-electron chi connectivity index (χ2n) is 2.05. The van der Waals surface area contributed by atoms with E-state index in [1.807, 2.05) is 0 Å². The topological polar surface area (TPSA) is 84.7 Å². The molecule has 0 aliphatic rings. The van der Waals surface area contributed by atoms with Gasteiger partial charge in [-0.2, -0.15) is 0 Å². The Balaban J connectivity index is 2.51. The van der Waals surface area contributed by atoms with Crippen LogP contribution in [0.1, 0.15) is 0 Å². The van der Waals surface area contributed by atoms with Gasteiger partial charge in [-0.1, -0.05) is 0 Å². The predicted molar refractivity (Wildman–Crippen MR) is 38.1 cm³/mol. The van der Waals surface area contributed by atoms with Gasteiger partial charge in [-0.15, -0.1) is 5.10 Å². The Kier molecular flexibility index (Phi) is 1.44. The minimum atomic E-state index is -0.589. The lowest BCUT2D eigenvalue weighted by atomic mass is 10.3. The van der Waals surface area contributed by atoms with Crippen LogP contribution in [0.4, 0.5) is 0 Å². The van der Waals surface area contributed by atoms with Gasteiger partial charge in [0, 0.05) is 12.4 Å². The van der Waals surface area contributed by atoms with Crippen LogP contribution in [-0.2, 0) is 0 Å². The van der Waals surface area contributed by atoms with E-state index in [0.717, 1.165) is 0 Å². The number of hydrogen-bond acceptors (Lipinski definition) is 5. The molecule has 0 unspecified atom stereocenters. The lowest BCUT2D eigenvalue weighted by molar-refractivity contribution is 0.526. The minimum Gasteiger partial charge on any atom is -0.388 e. The number of hydrogen-bond donors (Lipinski definition) is 1. The zero-order valence-electron chi connectivity index (χ0n) is 5.89. The molecule has 2 aromatic heterocycles. The molecule has 0 spiro atoms. The van der Waals surface area contributed by atoms with E-state index >= 15 is 0 Å². The van der Waals surface area contributed by atoms with Crippen molar-refractivity contribution in [2.45, 2.75) is 0 Å². The lowest BCUT2D eigenvalue weighted by Crippen LogP contribution is -1.93. The molecule has 0 aromatic carbocycles. The van der Waals surface area contributed by atoms with Crippen LogP contribution in [0.5, 0.6) is 0 Å². The standard InChI is InChI=1S/C6H4N4O2/c11-6-10-9-5(12-6)4-1-7-3-8-2-4/h1-3H,(H,10,11). The Hall–Kier alpha value is -1.98. The summed E-state index contributed by atoms with van der Waals surface area (Å²) in [6.45, 7) is 0. The van der Waals surface area contributed by atoms with E-state index in [1.165, 1.54) is 18.7 Å². The zero-order valence-corrected chi connectivity index (χ0v) is 5.89. The highest BCUT2D eigenvalue weighted by atomic mass is 16.4. The van der Waals surface area contributed by atoms with Gasteiger partial charge in [0.05, 0.1) is 5.56 Å². The highest BCUT2D eigenvalue weighted by molar-refractivity contribution is 5.47. The number of nitrogens with zero attached hydrogens (tertiary/aromatic N) is 3. The third-order valence-electron chi connectivity index (χ3n) is 1.25. The summed E-state index contributed by atoms with van der Waals surface area (Å²) in [6.07, 6.45) is 4.40. The molecule has 6 nitrogen and oxygen atoms in total. The van der Waals surface area contributed by atoms with Crippen molar-refractivity contribution in [3.63, 3.8) is 0 Å². The third kappa shape index (κ3) is 1.09. The van der Waals surface area contributed by atoms with Gasteiger partial charge in [-0.05, 0) is 0 Å². The summed E-state index contributed by atoms with van der Waals surface area (Å²) in [5.74, 6) is -0.394. The van der Waals surface area contributed by atoms with Gasteiger partial charge in [-0.3, -0.25) is 0 Å². The fourth-order valence-electron chi connectivity index (χ4n) is 0.763. The molecule has 12 heavy (non-hydrogen) atoms. The fraction of sp³-hybridized carbons (Fsp3) is 0. The van der Waals surface area contributed by atoms with Gasteiger partial charge in [0.25, 0.3) is 5.89 Å². The maximum atomic E-state index is 10.5. The van der Waals surface area contributed by atoms with Gasteiger partial charge >= 0.3 is 5.76 Å².